The van der Waals surface area contributed by atoms with E-state index >= 15 is 0 Å². The van der Waals surface area contributed by atoms with Gasteiger partial charge in [0.1, 0.15) is 0 Å². The molecular formula is C15H31NO. The van der Waals surface area contributed by atoms with Crippen molar-refractivity contribution in [2.45, 2.75) is 64.8 Å². The molecule has 102 valence electrons. The van der Waals surface area contributed by atoms with Crippen LogP contribution in [0.15, 0.2) is 0 Å². The van der Waals surface area contributed by atoms with E-state index in [1.54, 1.807) is 0 Å². The third-order valence-electron chi connectivity index (χ3n) is 4.39. The standard InChI is InChI=1S/C15H31NO/c1-4-13-9-6-7-10-14(13)15(16-3)11-8-12-17-5-2/h13-16H,4-12H2,1-3H3. The van der Waals surface area contributed by atoms with Gasteiger partial charge in [-0.2, -0.15) is 0 Å². The minimum Gasteiger partial charge on any atom is -0.382 e. The second kappa shape index (κ2) is 8.93. The number of nitrogens with one attached hydrogen (secondary N) is 1. The van der Waals surface area contributed by atoms with Gasteiger partial charge in [0, 0.05) is 19.3 Å². The lowest BCUT2D eigenvalue weighted by atomic mass is 9.73. The summed E-state index contributed by atoms with van der Waals surface area (Å²) in [4.78, 5) is 0. The highest BCUT2D eigenvalue weighted by Gasteiger charge is 2.29. The summed E-state index contributed by atoms with van der Waals surface area (Å²) >= 11 is 0. The van der Waals surface area contributed by atoms with Crippen LogP contribution in [0.2, 0.25) is 0 Å². The largest absolute Gasteiger partial charge is 0.382 e. The van der Waals surface area contributed by atoms with Crippen LogP contribution in [0, 0.1) is 11.8 Å². The summed E-state index contributed by atoms with van der Waals surface area (Å²) in [7, 11) is 2.13. The van der Waals surface area contributed by atoms with Gasteiger partial charge in [0.2, 0.25) is 0 Å². The molecule has 2 nitrogen and oxygen atoms in total. The maximum absolute atomic E-state index is 5.44. The van der Waals surface area contributed by atoms with Crippen molar-refractivity contribution in [2.24, 2.45) is 11.8 Å². The monoisotopic (exact) mass is 241 g/mol. The summed E-state index contributed by atoms with van der Waals surface area (Å²) in [6.07, 6.45) is 9.59. The van der Waals surface area contributed by atoms with Crippen molar-refractivity contribution in [2.75, 3.05) is 20.3 Å². The SMILES string of the molecule is CCOCCCC(NC)C1CCCCC1CC. The van der Waals surface area contributed by atoms with Gasteiger partial charge in [-0.3, -0.25) is 0 Å². The number of hydrogen-bond donors (Lipinski definition) is 1. The van der Waals surface area contributed by atoms with Gasteiger partial charge in [0.25, 0.3) is 0 Å². The zero-order valence-corrected chi connectivity index (χ0v) is 12.0. The molecule has 0 amide bonds. The first-order valence-electron chi connectivity index (χ1n) is 7.58. The van der Waals surface area contributed by atoms with Crippen molar-refractivity contribution in [3.8, 4) is 0 Å². The Morgan fingerprint density at radius 3 is 2.65 bits per heavy atom. The lowest BCUT2D eigenvalue weighted by Gasteiger charge is -2.37. The van der Waals surface area contributed by atoms with Crippen LogP contribution in [-0.2, 0) is 4.74 Å². The highest BCUT2D eigenvalue weighted by molar-refractivity contribution is 4.83. The minimum absolute atomic E-state index is 0.709. The fourth-order valence-corrected chi connectivity index (χ4v) is 3.40. The van der Waals surface area contributed by atoms with Gasteiger partial charge in [0.15, 0.2) is 0 Å². The van der Waals surface area contributed by atoms with Crippen LogP contribution in [0.1, 0.15) is 58.8 Å². The van der Waals surface area contributed by atoms with E-state index in [1.807, 2.05) is 0 Å². The van der Waals surface area contributed by atoms with Crippen molar-refractivity contribution in [1.29, 1.82) is 0 Å². The van der Waals surface area contributed by atoms with E-state index in [4.69, 9.17) is 4.74 Å². The topological polar surface area (TPSA) is 21.3 Å². The molecule has 3 unspecified atom stereocenters. The molecule has 1 rings (SSSR count). The maximum Gasteiger partial charge on any atom is 0.0466 e. The molecule has 0 radical (unpaired) electrons. The Kier molecular flexibility index (Phi) is 7.87. The first-order chi connectivity index (χ1) is 8.33. The van der Waals surface area contributed by atoms with E-state index in [0.29, 0.717) is 6.04 Å². The van der Waals surface area contributed by atoms with Crippen molar-refractivity contribution < 1.29 is 4.74 Å². The second-order valence-electron chi connectivity index (χ2n) is 5.35. The van der Waals surface area contributed by atoms with E-state index in [1.165, 1.54) is 44.9 Å². The molecule has 17 heavy (non-hydrogen) atoms. The van der Waals surface area contributed by atoms with Gasteiger partial charge in [-0.05, 0) is 45.1 Å². The van der Waals surface area contributed by atoms with Crippen molar-refractivity contribution in [1.82, 2.24) is 5.32 Å². The predicted molar refractivity (Wildman–Crippen MR) is 74.3 cm³/mol. The highest BCUT2D eigenvalue weighted by Crippen LogP contribution is 2.35. The molecular weight excluding hydrogens is 210 g/mol. The molecule has 1 fully saturated rings. The Morgan fingerprint density at radius 2 is 2.00 bits per heavy atom. The van der Waals surface area contributed by atoms with Crippen molar-refractivity contribution in [3.05, 3.63) is 0 Å². The average Bonchev–Trinajstić information content (AvgIpc) is 2.39. The summed E-state index contributed by atoms with van der Waals surface area (Å²) in [5, 5.41) is 3.56. The number of ether oxygens (including phenoxy) is 1. The highest BCUT2D eigenvalue weighted by atomic mass is 16.5. The van der Waals surface area contributed by atoms with E-state index in [2.05, 4.69) is 26.2 Å². The van der Waals surface area contributed by atoms with E-state index < -0.39 is 0 Å². The van der Waals surface area contributed by atoms with Crippen LogP contribution < -0.4 is 5.32 Å². The predicted octanol–water partition coefficient (Wildman–Crippen LogP) is 3.61. The van der Waals surface area contributed by atoms with Gasteiger partial charge in [-0.1, -0.05) is 32.6 Å². The molecule has 1 N–H and O–H groups in total. The summed E-state index contributed by atoms with van der Waals surface area (Å²) in [5.41, 5.74) is 0. The average molecular weight is 241 g/mol. The molecule has 0 aromatic heterocycles. The zero-order chi connectivity index (χ0) is 12.5. The van der Waals surface area contributed by atoms with Gasteiger partial charge in [-0.25, -0.2) is 0 Å². The third kappa shape index (κ3) is 4.97. The van der Waals surface area contributed by atoms with Crippen molar-refractivity contribution >= 4 is 0 Å². The Balaban J connectivity index is 2.35. The van der Waals surface area contributed by atoms with Crippen molar-refractivity contribution in [3.63, 3.8) is 0 Å². The fourth-order valence-electron chi connectivity index (χ4n) is 3.40. The quantitative estimate of drug-likeness (QED) is 0.656. The zero-order valence-electron chi connectivity index (χ0n) is 12.0. The molecule has 0 heterocycles. The van der Waals surface area contributed by atoms with E-state index in [0.717, 1.165) is 25.0 Å². The second-order valence-corrected chi connectivity index (χ2v) is 5.35. The Labute approximate surface area is 108 Å². The molecule has 0 bridgehead atoms. The number of rotatable bonds is 8. The first kappa shape index (κ1) is 15.0. The molecule has 1 aliphatic rings. The fraction of sp³-hybridized carbons (Fsp3) is 1.00. The smallest absolute Gasteiger partial charge is 0.0466 e. The Hall–Kier alpha value is -0.0800. The molecule has 0 spiro atoms. The molecule has 0 aliphatic heterocycles. The summed E-state index contributed by atoms with van der Waals surface area (Å²) in [6, 6.07) is 0.709. The summed E-state index contributed by atoms with van der Waals surface area (Å²) in [6.45, 7) is 6.21. The van der Waals surface area contributed by atoms with Gasteiger partial charge < -0.3 is 10.1 Å². The summed E-state index contributed by atoms with van der Waals surface area (Å²) in [5.74, 6) is 1.86. The molecule has 1 saturated carbocycles. The molecule has 0 aromatic rings. The minimum atomic E-state index is 0.709. The number of hydrogen-bond acceptors (Lipinski definition) is 2. The molecule has 3 atom stereocenters. The van der Waals surface area contributed by atoms with Gasteiger partial charge >= 0.3 is 0 Å². The Bertz CT molecular complexity index is 184. The first-order valence-corrected chi connectivity index (χ1v) is 7.58. The molecule has 2 heteroatoms. The van der Waals surface area contributed by atoms with E-state index in [9.17, 15) is 0 Å². The van der Waals surface area contributed by atoms with Crippen LogP contribution in [0.3, 0.4) is 0 Å². The lowest BCUT2D eigenvalue weighted by molar-refractivity contribution is 0.127. The van der Waals surface area contributed by atoms with Crippen LogP contribution in [0.5, 0.6) is 0 Å². The third-order valence-corrected chi connectivity index (χ3v) is 4.39. The van der Waals surface area contributed by atoms with E-state index in [-0.39, 0.29) is 0 Å². The Morgan fingerprint density at radius 1 is 1.24 bits per heavy atom. The molecule has 0 saturated heterocycles. The maximum atomic E-state index is 5.44. The van der Waals surface area contributed by atoms with Gasteiger partial charge in [0.05, 0.1) is 0 Å². The van der Waals surface area contributed by atoms with Crippen LogP contribution in [0.4, 0.5) is 0 Å². The summed E-state index contributed by atoms with van der Waals surface area (Å²) < 4.78 is 5.44. The lowest BCUT2D eigenvalue weighted by Crippen LogP contribution is -2.39. The molecule has 1 aliphatic carbocycles. The van der Waals surface area contributed by atoms with Crippen LogP contribution >= 0.6 is 0 Å². The van der Waals surface area contributed by atoms with Crippen LogP contribution in [-0.4, -0.2) is 26.3 Å². The van der Waals surface area contributed by atoms with Crippen LogP contribution in [0.25, 0.3) is 0 Å². The van der Waals surface area contributed by atoms with Gasteiger partial charge in [-0.15, -0.1) is 0 Å². The normalized spacial score (nSPS) is 27.0. The molecule has 0 aromatic carbocycles.